The highest BCUT2D eigenvalue weighted by Gasteiger charge is 2.33. The van der Waals surface area contributed by atoms with Gasteiger partial charge in [-0.05, 0) is 18.2 Å². The number of pyridine rings is 1. The lowest BCUT2D eigenvalue weighted by molar-refractivity contribution is -0.136. The van der Waals surface area contributed by atoms with Crippen LogP contribution in [-0.4, -0.2) is 4.98 Å². The Morgan fingerprint density at radius 1 is 1.17 bits per heavy atom. The molecule has 7 heteroatoms. The van der Waals surface area contributed by atoms with Crippen LogP contribution in [0.25, 0.3) is 11.0 Å². The number of rotatable bonds is 3. The standard InChI is InChI=1S/C16H10F3NO3/c17-16(18,19)13-7-15(21)23-14-6-11(3-4-12(13)14)22-9-10-2-1-5-20-8-10/h1-8H,9H2. The van der Waals surface area contributed by atoms with E-state index in [4.69, 9.17) is 9.15 Å². The number of ether oxygens (including phenoxy) is 1. The van der Waals surface area contributed by atoms with Crippen molar-refractivity contribution in [3.63, 3.8) is 0 Å². The highest BCUT2D eigenvalue weighted by Crippen LogP contribution is 2.34. The molecule has 0 saturated carbocycles. The van der Waals surface area contributed by atoms with Crippen molar-refractivity contribution >= 4 is 11.0 Å². The average Bonchev–Trinajstić information content (AvgIpc) is 2.52. The zero-order valence-corrected chi connectivity index (χ0v) is 11.6. The van der Waals surface area contributed by atoms with Crippen LogP contribution in [0.1, 0.15) is 11.1 Å². The van der Waals surface area contributed by atoms with Gasteiger partial charge < -0.3 is 9.15 Å². The van der Waals surface area contributed by atoms with Gasteiger partial charge in [0.05, 0.1) is 5.56 Å². The summed E-state index contributed by atoms with van der Waals surface area (Å²) in [5, 5.41) is -0.189. The smallest absolute Gasteiger partial charge is 0.417 e. The van der Waals surface area contributed by atoms with E-state index in [-0.39, 0.29) is 17.6 Å². The van der Waals surface area contributed by atoms with Gasteiger partial charge in [-0.2, -0.15) is 13.2 Å². The Labute approximate surface area is 128 Å². The second kappa shape index (κ2) is 5.75. The molecule has 0 atom stereocenters. The molecular formula is C16H10F3NO3. The molecule has 0 unspecified atom stereocenters. The number of hydrogen-bond donors (Lipinski definition) is 0. The first-order valence-electron chi connectivity index (χ1n) is 6.60. The van der Waals surface area contributed by atoms with Crippen molar-refractivity contribution in [3.05, 3.63) is 70.3 Å². The second-order valence-corrected chi connectivity index (χ2v) is 4.78. The fourth-order valence-corrected chi connectivity index (χ4v) is 2.12. The summed E-state index contributed by atoms with van der Waals surface area (Å²) >= 11 is 0. The van der Waals surface area contributed by atoms with Crippen LogP contribution in [0.2, 0.25) is 0 Å². The topological polar surface area (TPSA) is 52.3 Å². The first-order valence-corrected chi connectivity index (χ1v) is 6.60. The van der Waals surface area contributed by atoms with Gasteiger partial charge in [0.25, 0.3) is 0 Å². The largest absolute Gasteiger partial charge is 0.489 e. The number of aromatic nitrogens is 1. The van der Waals surface area contributed by atoms with Gasteiger partial charge in [0.2, 0.25) is 0 Å². The third kappa shape index (κ3) is 3.33. The fourth-order valence-electron chi connectivity index (χ4n) is 2.12. The van der Waals surface area contributed by atoms with E-state index in [1.54, 1.807) is 24.5 Å². The molecule has 2 heterocycles. The molecule has 3 aromatic rings. The number of hydrogen-bond acceptors (Lipinski definition) is 4. The van der Waals surface area contributed by atoms with E-state index in [9.17, 15) is 18.0 Å². The van der Waals surface area contributed by atoms with Gasteiger partial charge in [-0.1, -0.05) is 6.07 Å². The van der Waals surface area contributed by atoms with Gasteiger partial charge in [0.15, 0.2) is 0 Å². The molecule has 23 heavy (non-hydrogen) atoms. The molecule has 0 aliphatic heterocycles. The van der Waals surface area contributed by atoms with Gasteiger partial charge >= 0.3 is 11.8 Å². The third-order valence-electron chi connectivity index (χ3n) is 3.15. The highest BCUT2D eigenvalue weighted by molar-refractivity contribution is 5.82. The first kappa shape index (κ1) is 15.1. The Morgan fingerprint density at radius 2 is 2.00 bits per heavy atom. The molecule has 3 rings (SSSR count). The van der Waals surface area contributed by atoms with Crippen LogP contribution in [0.5, 0.6) is 5.75 Å². The van der Waals surface area contributed by atoms with Gasteiger partial charge in [0.1, 0.15) is 17.9 Å². The average molecular weight is 321 g/mol. The minimum atomic E-state index is -4.63. The zero-order valence-electron chi connectivity index (χ0n) is 11.6. The Hall–Kier alpha value is -2.83. The lowest BCUT2D eigenvalue weighted by Gasteiger charge is -2.10. The van der Waals surface area contributed by atoms with Crippen molar-refractivity contribution in [2.75, 3.05) is 0 Å². The first-order chi connectivity index (χ1) is 10.9. The molecule has 0 bridgehead atoms. The summed E-state index contributed by atoms with van der Waals surface area (Å²) in [6, 6.07) is 7.87. The molecule has 2 aromatic heterocycles. The monoisotopic (exact) mass is 321 g/mol. The molecule has 1 aromatic carbocycles. The molecule has 0 aliphatic rings. The minimum absolute atomic E-state index is 0.173. The Morgan fingerprint density at radius 3 is 2.70 bits per heavy atom. The molecule has 0 fully saturated rings. The SMILES string of the molecule is O=c1cc(C(F)(F)F)c2ccc(OCc3cccnc3)cc2o1. The molecule has 0 spiro atoms. The quantitative estimate of drug-likeness (QED) is 0.689. The van der Waals surface area contributed by atoms with Crippen LogP contribution in [0.15, 0.2) is 58.0 Å². The summed E-state index contributed by atoms with van der Waals surface area (Å²) in [6.45, 7) is 0.197. The van der Waals surface area contributed by atoms with Crippen LogP contribution in [0, 0.1) is 0 Å². The summed E-state index contributed by atoms with van der Waals surface area (Å²) in [7, 11) is 0. The lowest BCUT2D eigenvalue weighted by atomic mass is 10.1. The predicted octanol–water partition coefficient (Wildman–Crippen LogP) is 3.79. The van der Waals surface area contributed by atoms with Crippen molar-refractivity contribution in [3.8, 4) is 5.75 Å². The molecule has 0 saturated heterocycles. The van der Waals surface area contributed by atoms with Crippen LogP contribution in [0.3, 0.4) is 0 Å². The Kier molecular flexibility index (Phi) is 3.77. The third-order valence-corrected chi connectivity index (χ3v) is 3.15. The Bertz CT molecular complexity index is 888. The molecular weight excluding hydrogens is 311 g/mol. The molecule has 4 nitrogen and oxygen atoms in total. The number of nitrogens with zero attached hydrogens (tertiary/aromatic N) is 1. The van der Waals surface area contributed by atoms with Crippen molar-refractivity contribution in [2.24, 2.45) is 0 Å². The van der Waals surface area contributed by atoms with E-state index in [1.807, 2.05) is 0 Å². The second-order valence-electron chi connectivity index (χ2n) is 4.78. The maximum absolute atomic E-state index is 12.9. The molecule has 118 valence electrons. The highest BCUT2D eigenvalue weighted by atomic mass is 19.4. The van der Waals surface area contributed by atoms with Gasteiger partial charge in [-0.3, -0.25) is 4.98 Å². The van der Waals surface area contributed by atoms with E-state index in [1.165, 1.54) is 18.2 Å². The Balaban J connectivity index is 1.95. The van der Waals surface area contributed by atoms with E-state index in [2.05, 4.69) is 4.98 Å². The number of halogens is 3. The van der Waals surface area contributed by atoms with Crippen molar-refractivity contribution < 1.29 is 22.3 Å². The minimum Gasteiger partial charge on any atom is -0.489 e. The van der Waals surface area contributed by atoms with Crippen LogP contribution in [0.4, 0.5) is 13.2 Å². The lowest BCUT2D eigenvalue weighted by Crippen LogP contribution is -2.11. The van der Waals surface area contributed by atoms with Gasteiger partial charge in [-0.25, -0.2) is 4.79 Å². The number of alkyl halides is 3. The van der Waals surface area contributed by atoms with Crippen LogP contribution < -0.4 is 10.4 Å². The summed E-state index contributed by atoms with van der Waals surface area (Å²) in [5.74, 6) is 0.295. The number of fused-ring (bicyclic) bond motifs is 1. The van der Waals surface area contributed by atoms with E-state index in [0.29, 0.717) is 11.8 Å². The van der Waals surface area contributed by atoms with Crippen LogP contribution >= 0.6 is 0 Å². The normalized spacial score (nSPS) is 11.6. The van der Waals surface area contributed by atoms with Gasteiger partial charge in [-0.15, -0.1) is 0 Å². The van der Waals surface area contributed by atoms with E-state index >= 15 is 0 Å². The molecule has 0 N–H and O–H groups in total. The van der Waals surface area contributed by atoms with Crippen LogP contribution in [-0.2, 0) is 12.8 Å². The molecule has 0 radical (unpaired) electrons. The number of benzene rings is 1. The van der Waals surface area contributed by atoms with Crippen molar-refractivity contribution in [1.29, 1.82) is 0 Å². The fraction of sp³-hybridized carbons (Fsp3) is 0.125. The summed E-state index contributed by atoms with van der Waals surface area (Å²) in [6.07, 6.45) is -1.40. The van der Waals surface area contributed by atoms with Crippen molar-refractivity contribution in [1.82, 2.24) is 4.98 Å². The zero-order chi connectivity index (χ0) is 16.4. The maximum atomic E-state index is 12.9. The summed E-state index contributed by atoms with van der Waals surface area (Å²) in [5.41, 5.74) is -1.46. The van der Waals surface area contributed by atoms with Crippen molar-refractivity contribution in [2.45, 2.75) is 12.8 Å². The van der Waals surface area contributed by atoms with E-state index in [0.717, 1.165) is 5.56 Å². The molecule has 0 amide bonds. The predicted molar refractivity (Wildman–Crippen MR) is 76.1 cm³/mol. The molecule has 0 aliphatic carbocycles. The summed E-state index contributed by atoms with van der Waals surface area (Å²) in [4.78, 5) is 15.3. The summed E-state index contributed by atoms with van der Waals surface area (Å²) < 4.78 is 49.2. The van der Waals surface area contributed by atoms with Gasteiger partial charge in [0, 0.05) is 35.5 Å². The maximum Gasteiger partial charge on any atom is 0.417 e. The van der Waals surface area contributed by atoms with E-state index < -0.39 is 17.4 Å².